The molecule has 3 heterocycles. The highest BCUT2D eigenvalue weighted by Crippen LogP contribution is 2.23. The second-order valence-corrected chi connectivity index (χ2v) is 7.26. The Labute approximate surface area is 179 Å². The van der Waals surface area contributed by atoms with Crippen molar-refractivity contribution >= 4 is 28.5 Å². The van der Waals surface area contributed by atoms with Gasteiger partial charge in [-0.15, -0.1) is 0 Å². The molecule has 0 spiro atoms. The van der Waals surface area contributed by atoms with Crippen LogP contribution >= 0.6 is 0 Å². The summed E-state index contributed by atoms with van der Waals surface area (Å²) in [6.45, 7) is 4.01. The van der Waals surface area contributed by atoms with Crippen LogP contribution in [0.3, 0.4) is 0 Å². The van der Waals surface area contributed by atoms with Crippen molar-refractivity contribution in [3.8, 4) is 0 Å². The molecule has 0 unspecified atom stereocenters. The van der Waals surface area contributed by atoms with Crippen LogP contribution in [0.2, 0.25) is 0 Å². The van der Waals surface area contributed by atoms with Gasteiger partial charge in [0, 0.05) is 30.2 Å². The first-order valence-corrected chi connectivity index (χ1v) is 9.83. The zero-order chi connectivity index (χ0) is 22.0. The zero-order valence-electron chi connectivity index (χ0n) is 17.5. The monoisotopic (exact) mass is 414 g/mol. The summed E-state index contributed by atoms with van der Waals surface area (Å²) in [5.74, 6) is -0.523. The van der Waals surface area contributed by atoms with Crippen molar-refractivity contribution in [2.45, 2.75) is 20.4 Å². The second-order valence-electron chi connectivity index (χ2n) is 7.26. The molecule has 0 aliphatic heterocycles. The molecule has 0 radical (unpaired) electrons. The van der Waals surface area contributed by atoms with E-state index in [1.165, 1.54) is 0 Å². The van der Waals surface area contributed by atoms with Gasteiger partial charge in [-0.25, -0.2) is 4.98 Å². The molecule has 31 heavy (non-hydrogen) atoms. The van der Waals surface area contributed by atoms with E-state index in [1.54, 1.807) is 48.3 Å². The summed E-state index contributed by atoms with van der Waals surface area (Å²) in [6.07, 6.45) is 1.68. The summed E-state index contributed by atoms with van der Waals surface area (Å²) < 4.78 is 1.67. The summed E-state index contributed by atoms with van der Waals surface area (Å²) in [5.41, 5.74) is 4.36. The number of amides is 2. The fourth-order valence-corrected chi connectivity index (χ4v) is 3.46. The van der Waals surface area contributed by atoms with Gasteiger partial charge in [0.1, 0.15) is 0 Å². The van der Waals surface area contributed by atoms with Crippen molar-refractivity contribution in [2.75, 3.05) is 5.32 Å². The molecule has 0 aliphatic carbocycles. The highest BCUT2D eigenvalue weighted by atomic mass is 16.2. The Morgan fingerprint density at radius 2 is 1.87 bits per heavy atom. The zero-order valence-corrected chi connectivity index (χ0v) is 17.5. The topological polar surface area (TPSA) is 102 Å². The smallest absolute Gasteiger partial charge is 0.256 e. The van der Waals surface area contributed by atoms with E-state index in [0.29, 0.717) is 29.0 Å². The quantitative estimate of drug-likeness (QED) is 0.522. The van der Waals surface area contributed by atoms with Gasteiger partial charge < -0.3 is 10.6 Å². The molecule has 8 heteroatoms. The first kappa shape index (κ1) is 20.2. The number of aromatic nitrogens is 4. The lowest BCUT2D eigenvalue weighted by Crippen LogP contribution is -2.23. The first-order chi connectivity index (χ1) is 14.9. The number of carbonyl (C=O) groups excluding carboxylic acids is 2. The van der Waals surface area contributed by atoms with Crippen molar-refractivity contribution in [3.63, 3.8) is 0 Å². The second kappa shape index (κ2) is 8.35. The molecule has 4 rings (SSSR count). The van der Waals surface area contributed by atoms with Crippen LogP contribution in [0, 0.1) is 13.8 Å². The van der Waals surface area contributed by atoms with Gasteiger partial charge in [0.15, 0.2) is 5.65 Å². The third-order valence-corrected chi connectivity index (χ3v) is 4.88. The van der Waals surface area contributed by atoms with Gasteiger partial charge in [-0.2, -0.15) is 5.10 Å². The maximum Gasteiger partial charge on any atom is 0.256 e. The van der Waals surface area contributed by atoms with Crippen molar-refractivity contribution in [2.24, 2.45) is 7.05 Å². The average Bonchev–Trinajstić information content (AvgIpc) is 3.05. The van der Waals surface area contributed by atoms with E-state index in [9.17, 15) is 9.59 Å². The molecule has 156 valence electrons. The van der Waals surface area contributed by atoms with E-state index in [0.717, 1.165) is 22.5 Å². The largest absolute Gasteiger partial charge is 0.346 e. The molecule has 2 N–H and O–H groups in total. The Hall–Kier alpha value is -4.07. The molecule has 3 aromatic heterocycles. The molecule has 0 bridgehead atoms. The van der Waals surface area contributed by atoms with Gasteiger partial charge in [0.2, 0.25) is 0 Å². The van der Waals surface area contributed by atoms with Crippen LogP contribution in [0.15, 0.2) is 54.7 Å². The Bertz CT molecular complexity index is 1280. The van der Waals surface area contributed by atoms with Crippen LogP contribution in [0.4, 0.5) is 5.69 Å². The van der Waals surface area contributed by atoms with Crippen molar-refractivity contribution in [1.29, 1.82) is 0 Å². The third kappa shape index (κ3) is 4.28. The molecule has 0 aliphatic rings. The average molecular weight is 414 g/mol. The molecule has 0 fully saturated rings. The number of aryl methyl sites for hydroxylation is 3. The van der Waals surface area contributed by atoms with E-state index in [2.05, 4.69) is 25.7 Å². The van der Waals surface area contributed by atoms with Crippen molar-refractivity contribution in [1.82, 2.24) is 25.1 Å². The predicted octanol–water partition coefficient (Wildman–Crippen LogP) is 3.16. The lowest BCUT2D eigenvalue weighted by molar-refractivity contribution is 0.0949. The number of hydrogen-bond donors (Lipinski definition) is 2. The SMILES string of the molecule is Cc1cc(C(=O)Nc2cccc(C(=O)NCc3ccccn3)c2)c2c(C)nn(C)c2n1. The summed E-state index contributed by atoms with van der Waals surface area (Å²) in [4.78, 5) is 34.3. The summed E-state index contributed by atoms with van der Waals surface area (Å²) in [7, 11) is 1.80. The highest BCUT2D eigenvalue weighted by molar-refractivity contribution is 6.13. The van der Waals surface area contributed by atoms with Gasteiger partial charge in [-0.05, 0) is 50.2 Å². The number of nitrogens with zero attached hydrogens (tertiary/aromatic N) is 4. The Kier molecular flexibility index (Phi) is 5.44. The first-order valence-electron chi connectivity index (χ1n) is 9.83. The van der Waals surface area contributed by atoms with E-state index in [1.807, 2.05) is 32.0 Å². The number of hydrogen-bond acceptors (Lipinski definition) is 5. The van der Waals surface area contributed by atoms with Crippen LogP contribution in [-0.2, 0) is 13.6 Å². The molecular formula is C23H22N6O2. The fraction of sp³-hybridized carbons (Fsp3) is 0.174. The van der Waals surface area contributed by atoms with Gasteiger partial charge in [-0.3, -0.25) is 19.3 Å². The van der Waals surface area contributed by atoms with Crippen LogP contribution in [0.1, 0.15) is 37.8 Å². The Morgan fingerprint density at radius 1 is 1.03 bits per heavy atom. The molecule has 0 atom stereocenters. The fourth-order valence-electron chi connectivity index (χ4n) is 3.46. The molecule has 8 nitrogen and oxygen atoms in total. The van der Waals surface area contributed by atoms with Crippen LogP contribution < -0.4 is 10.6 Å². The van der Waals surface area contributed by atoms with Crippen molar-refractivity contribution < 1.29 is 9.59 Å². The number of nitrogens with one attached hydrogen (secondary N) is 2. The number of rotatable bonds is 5. The van der Waals surface area contributed by atoms with Crippen LogP contribution in [0.5, 0.6) is 0 Å². The molecule has 0 saturated heterocycles. The minimum atomic E-state index is -0.280. The van der Waals surface area contributed by atoms with Gasteiger partial charge in [0.25, 0.3) is 11.8 Å². The summed E-state index contributed by atoms with van der Waals surface area (Å²) >= 11 is 0. The number of fused-ring (bicyclic) bond motifs is 1. The molecule has 4 aromatic rings. The number of carbonyl (C=O) groups is 2. The molecule has 1 aromatic carbocycles. The number of benzene rings is 1. The van der Waals surface area contributed by atoms with E-state index in [-0.39, 0.29) is 11.8 Å². The van der Waals surface area contributed by atoms with Gasteiger partial charge in [-0.1, -0.05) is 12.1 Å². The Balaban J connectivity index is 1.53. The standard InChI is InChI=1S/C23H22N6O2/c1-14-11-19(20-15(2)28-29(3)21(20)26-14)23(31)27-17-9-6-7-16(12-17)22(30)25-13-18-8-4-5-10-24-18/h4-12H,13H2,1-3H3,(H,25,30)(H,27,31). The predicted molar refractivity (Wildman–Crippen MR) is 118 cm³/mol. The summed E-state index contributed by atoms with van der Waals surface area (Å²) in [6, 6.07) is 14.1. The number of anilines is 1. The lowest BCUT2D eigenvalue weighted by Gasteiger charge is -2.10. The van der Waals surface area contributed by atoms with Crippen LogP contribution in [0.25, 0.3) is 11.0 Å². The van der Waals surface area contributed by atoms with E-state index in [4.69, 9.17) is 0 Å². The van der Waals surface area contributed by atoms with E-state index < -0.39 is 0 Å². The normalized spacial score (nSPS) is 10.8. The molecule has 2 amide bonds. The van der Waals surface area contributed by atoms with E-state index >= 15 is 0 Å². The number of pyridine rings is 2. The van der Waals surface area contributed by atoms with Crippen LogP contribution in [-0.4, -0.2) is 31.6 Å². The molecular weight excluding hydrogens is 392 g/mol. The minimum Gasteiger partial charge on any atom is -0.346 e. The third-order valence-electron chi connectivity index (χ3n) is 4.88. The Morgan fingerprint density at radius 3 is 2.65 bits per heavy atom. The maximum absolute atomic E-state index is 13.0. The van der Waals surface area contributed by atoms with Crippen molar-refractivity contribution in [3.05, 3.63) is 82.9 Å². The minimum absolute atomic E-state index is 0.244. The van der Waals surface area contributed by atoms with Gasteiger partial charge >= 0.3 is 0 Å². The lowest BCUT2D eigenvalue weighted by atomic mass is 10.1. The highest BCUT2D eigenvalue weighted by Gasteiger charge is 2.18. The maximum atomic E-state index is 13.0. The van der Waals surface area contributed by atoms with Gasteiger partial charge in [0.05, 0.1) is 28.9 Å². The molecule has 0 saturated carbocycles. The summed E-state index contributed by atoms with van der Waals surface area (Å²) in [5, 5.41) is 10.8.